The third kappa shape index (κ3) is 12.9. The zero-order valence-corrected chi connectivity index (χ0v) is 9.68. The smallest absolute Gasteiger partial charge is 1.00 e. The molecule has 0 amide bonds. The summed E-state index contributed by atoms with van der Waals surface area (Å²) >= 11 is 1.59. The third-order valence-corrected chi connectivity index (χ3v) is 0.944. The van der Waals surface area contributed by atoms with Crippen LogP contribution in [0.5, 0.6) is 0 Å². The maximum Gasteiger partial charge on any atom is 2.00 e. The van der Waals surface area contributed by atoms with E-state index < -0.39 is 0 Å². The van der Waals surface area contributed by atoms with E-state index in [1.807, 2.05) is 17.5 Å². The first kappa shape index (κ1) is 22.4. The summed E-state index contributed by atoms with van der Waals surface area (Å²) in [6, 6.07) is 3.86. The second-order valence-electron chi connectivity index (χ2n) is 0.731. The van der Waals surface area contributed by atoms with Crippen molar-refractivity contribution in [1.29, 1.82) is 0 Å². The van der Waals surface area contributed by atoms with Crippen LogP contribution in [0.3, 0.4) is 0 Å². The first-order valence-corrected chi connectivity index (χ1v) is 2.27. The van der Waals surface area contributed by atoms with Gasteiger partial charge in [-0.2, -0.15) is 11.4 Å². The average molecular weight is 230 g/mol. The minimum atomic E-state index is 0. The molecule has 0 spiro atoms. The Morgan fingerprint density at radius 1 is 1.33 bits per heavy atom. The molecule has 0 aliphatic heterocycles. The monoisotopic (exact) mass is 228 g/mol. The number of thiophene rings is 1. The molecule has 0 N–H and O–H groups in total. The van der Waals surface area contributed by atoms with Gasteiger partial charge >= 0.3 is 41.9 Å². The largest absolute Gasteiger partial charge is 2.00 e. The van der Waals surface area contributed by atoms with Gasteiger partial charge in [0.1, 0.15) is 0 Å². The normalized spacial score (nSPS) is 4.44. The predicted octanol–water partition coefficient (Wildman–Crippen LogP) is -7.82. The molecule has 1 aromatic rings. The van der Waals surface area contributed by atoms with Crippen molar-refractivity contribution >= 4 is 34.4 Å². The van der Waals surface area contributed by atoms with Crippen molar-refractivity contribution in [2.45, 2.75) is 0 Å². The van der Waals surface area contributed by atoms with Gasteiger partial charge in [-0.25, -0.2) is 6.07 Å². The quantitative estimate of drug-likeness (QED) is 0.306. The Hall–Kier alpha value is 1.83. The van der Waals surface area contributed by atoms with Crippen LogP contribution in [0.2, 0.25) is 0 Å². The van der Waals surface area contributed by atoms with Crippen LogP contribution in [0.1, 0.15) is 0 Å². The summed E-state index contributed by atoms with van der Waals surface area (Å²) in [5.41, 5.74) is 0. The Bertz CT molecular complexity index is 77.0. The number of hydrogen-bond acceptors (Lipinski definition) is 1. The van der Waals surface area contributed by atoms with Crippen LogP contribution in [0.4, 0.5) is 0 Å². The Labute approximate surface area is 104 Å². The van der Waals surface area contributed by atoms with Crippen LogP contribution in [-0.2, 0) is 0 Å². The van der Waals surface area contributed by atoms with Gasteiger partial charge in [0, 0.05) is 0 Å². The zero-order valence-electron chi connectivity index (χ0n) is 5.10. The van der Waals surface area contributed by atoms with Crippen LogP contribution < -0.4 is 48.2 Å². The second kappa shape index (κ2) is 16.4. The molecule has 5 heteroatoms. The first-order valence-electron chi connectivity index (χ1n) is 1.40. The Balaban J connectivity index is -0.0000000312. The molecule has 9 heavy (non-hydrogen) atoms. The third-order valence-electron chi connectivity index (χ3n) is 0.379. The molecule has 1 aromatic heterocycles. The topological polar surface area (TPSA) is 0 Å². The fourth-order valence-corrected chi connectivity index (χ4v) is 0.589. The molecule has 0 aliphatic carbocycles. The summed E-state index contributed by atoms with van der Waals surface area (Å²) in [4.78, 5) is 0. The summed E-state index contributed by atoms with van der Waals surface area (Å²) in [6.45, 7) is 0. The number of hydrogen-bond donors (Lipinski definition) is 0. The van der Waals surface area contributed by atoms with E-state index >= 15 is 0 Å². The van der Waals surface area contributed by atoms with Gasteiger partial charge in [-0.05, 0) is 0 Å². The van der Waals surface area contributed by atoms with E-state index in [4.69, 9.17) is 0 Å². The standard InChI is InChI=1S/C4H3S.BrH.ClH.Li.Mg/c1-2-4-5-3-1;;;;/h1-3H;2*1H;;/q-1;;;+1;+2/p-2. The molecule has 0 radical (unpaired) electrons. The van der Waals surface area contributed by atoms with Crippen LogP contribution in [-0.4, -0.2) is 23.1 Å². The van der Waals surface area contributed by atoms with Crippen molar-refractivity contribution in [3.63, 3.8) is 0 Å². The second-order valence-corrected chi connectivity index (χ2v) is 1.47. The molecular formula is C4H3BrClLiMgS. The molecule has 0 saturated carbocycles. The zero-order chi connectivity index (χ0) is 3.54. The van der Waals surface area contributed by atoms with Gasteiger partial charge in [0.15, 0.2) is 0 Å². The van der Waals surface area contributed by atoms with Gasteiger partial charge < -0.3 is 40.7 Å². The molecule has 0 nitrogen and oxygen atoms in total. The Morgan fingerprint density at radius 2 is 1.89 bits per heavy atom. The van der Waals surface area contributed by atoms with Crippen molar-refractivity contribution in [2.24, 2.45) is 0 Å². The Kier molecular flexibility index (Phi) is 41.0. The van der Waals surface area contributed by atoms with Crippen LogP contribution in [0.15, 0.2) is 17.5 Å². The Morgan fingerprint density at radius 3 is 2.00 bits per heavy atom. The van der Waals surface area contributed by atoms with Gasteiger partial charge in [0.25, 0.3) is 0 Å². The molecule has 0 unspecified atom stereocenters. The minimum absolute atomic E-state index is 0. The van der Waals surface area contributed by atoms with E-state index in [0.717, 1.165) is 0 Å². The van der Waals surface area contributed by atoms with Gasteiger partial charge in [-0.1, -0.05) is 0 Å². The van der Waals surface area contributed by atoms with Gasteiger partial charge in [-0.3, -0.25) is 0 Å². The maximum absolute atomic E-state index is 2.90. The number of rotatable bonds is 0. The van der Waals surface area contributed by atoms with Gasteiger partial charge in [-0.15, -0.1) is 5.38 Å². The van der Waals surface area contributed by atoms with E-state index in [9.17, 15) is 0 Å². The fraction of sp³-hybridized carbons (Fsp3) is 0. The molecule has 42 valence electrons. The van der Waals surface area contributed by atoms with E-state index in [0.29, 0.717) is 0 Å². The molecule has 1 heterocycles. The van der Waals surface area contributed by atoms with E-state index in [2.05, 4.69) is 5.38 Å². The van der Waals surface area contributed by atoms with Gasteiger partial charge in [0.05, 0.1) is 0 Å². The van der Waals surface area contributed by atoms with Gasteiger partial charge in [0.2, 0.25) is 0 Å². The molecule has 0 aliphatic rings. The van der Waals surface area contributed by atoms with E-state index in [1.165, 1.54) is 0 Å². The molecule has 0 bridgehead atoms. The van der Waals surface area contributed by atoms with Crippen LogP contribution >= 0.6 is 11.3 Å². The summed E-state index contributed by atoms with van der Waals surface area (Å²) in [5, 5.41) is 4.89. The van der Waals surface area contributed by atoms with Crippen LogP contribution in [0.25, 0.3) is 0 Å². The summed E-state index contributed by atoms with van der Waals surface area (Å²) < 4.78 is 0. The van der Waals surface area contributed by atoms with Crippen molar-refractivity contribution in [3.8, 4) is 0 Å². The minimum Gasteiger partial charge on any atom is -1.00 e. The first-order chi connectivity index (χ1) is 2.50. The molecule has 1 rings (SSSR count). The fourth-order valence-electron chi connectivity index (χ4n) is 0.196. The molecular weight excluding hydrogens is 227 g/mol. The SMILES string of the molecule is [Br-].[Cl-].[Li+].[Mg+2].[c-]1cccs1. The van der Waals surface area contributed by atoms with Crippen molar-refractivity contribution < 1.29 is 48.2 Å². The van der Waals surface area contributed by atoms with Crippen molar-refractivity contribution in [2.75, 3.05) is 0 Å². The molecule has 0 fully saturated rings. The maximum atomic E-state index is 2.90. The van der Waals surface area contributed by atoms with E-state index in [-0.39, 0.29) is 71.3 Å². The molecule has 0 aromatic carbocycles. The van der Waals surface area contributed by atoms with Crippen molar-refractivity contribution in [3.05, 3.63) is 22.9 Å². The summed E-state index contributed by atoms with van der Waals surface area (Å²) in [5.74, 6) is 0. The van der Waals surface area contributed by atoms with Crippen LogP contribution in [0, 0.1) is 5.38 Å². The molecule has 0 atom stereocenters. The van der Waals surface area contributed by atoms with E-state index in [1.54, 1.807) is 11.3 Å². The predicted molar refractivity (Wildman–Crippen MR) is 28.9 cm³/mol. The van der Waals surface area contributed by atoms with Crippen molar-refractivity contribution in [1.82, 2.24) is 0 Å². The summed E-state index contributed by atoms with van der Waals surface area (Å²) in [6.07, 6.45) is 0. The summed E-state index contributed by atoms with van der Waals surface area (Å²) in [7, 11) is 0. The molecule has 0 saturated heterocycles. The average Bonchev–Trinajstić information content (AvgIpc) is 1.76. The number of halogens is 2.